The monoisotopic (exact) mass is 777 g/mol. The smallest absolute Gasteiger partial charge is 0.255 e. The number of aryl methyl sites for hydroxylation is 2. The molecule has 2 unspecified atom stereocenters. The van der Waals surface area contributed by atoms with Crippen LogP contribution in [0.2, 0.25) is 0 Å². The fraction of sp³-hybridized carbons (Fsp3) is 0.449. The molecule has 300 valence electrons. The van der Waals surface area contributed by atoms with Crippen molar-refractivity contribution in [2.24, 2.45) is 5.92 Å². The zero-order valence-electron chi connectivity index (χ0n) is 33.5. The third kappa shape index (κ3) is 7.05. The van der Waals surface area contributed by atoms with Gasteiger partial charge in [0.2, 0.25) is 11.8 Å². The van der Waals surface area contributed by atoms with E-state index in [9.17, 15) is 19.5 Å². The largest absolute Gasteiger partial charge is 0.508 e. The van der Waals surface area contributed by atoms with Gasteiger partial charge in [0.25, 0.3) is 5.91 Å². The quantitative estimate of drug-likeness (QED) is 0.197. The minimum absolute atomic E-state index is 0.119. The Morgan fingerprint density at radius 3 is 2.24 bits per heavy atom. The molecule has 3 amide bonds. The van der Waals surface area contributed by atoms with Crippen LogP contribution in [0.4, 0.5) is 11.4 Å². The van der Waals surface area contributed by atoms with Crippen LogP contribution in [0.15, 0.2) is 78.9 Å². The standard InChI is InChI=1S/C49H55N5O4/c55-39-14-17-41-35(29-39)10-15-44(43-7-3-5-33-4-1-2-6-40(33)43)47(41)34-8-11-37(12-9-34)52-22-20-32(21-23-52)30-51-24-26-53(27-25-51)38-13-16-42-36(28-38)31-54(49(42)58)45-18-19-46(56)50-48(45)57/h3,5,7-9,11-14,16-17,28-29,32,44-45,47,55H,1-2,4,6,10,15,18-27,30-31H2,(H,50,56,57)/t44?,45-,47?/m1/s1. The van der Waals surface area contributed by atoms with Gasteiger partial charge in [0.05, 0.1) is 0 Å². The number of nitrogens with one attached hydrogen (secondary N) is 1. The van der Waals surface area contributed by atoms with Crippen LogP contribution < -0.4 is 15.1 Å². The van der Waals surface area contributed by atoms with Gasteiger partial charge in [0.15, 0.2) is 0 Å². The van der Waals surface area contributed by atoms with Crippen LogP contribution in [-0.4, -0.2) is 84.5 Å². The zero-order chi connectivity index (χ0) is 39.3. The maximum atomic E-state index is 13.2. The third-order valence-corrected chi connectivity index (χ3v) is 14.4. The Hall–Kier alpha value is -5.15. The average Bonchev–Trinajstić information content (AvgIpc) is 3.58. The highest BCUT2D eigenvalue weighted by atomic mass is 16.3. The number of carbonyl (C=O) groups excluding carboxylic acids is 3. The molecule has 4 aliphatic heterocycles. The summed E-state index contributed by atoms with van der Waals surface area (Å²) in [6, 6.07) is 28.1. The second-order valence-corrected chi connectivity index (χ2v) is 17.7. The van der Waals surface area contributed by atoms with E-state index in [0.717, 1.165) is 69.9 Å². The molecule has 0 spiro atoms. The van der Waals surface area contributed by atoms with E-state index in [1.165, 1.54) is 60.9 Å². The number of imide groups is 1. The molecule has 4 heterocycles. The van der Waals surface area contributed by atoms with Crippen LogP contribution in [0.5, 0.6) is 5.75 Å². The molecule has 3 fully saturated rings. The lowest BCUT2D eigenvalue weighted by atomic mass is 9.67. The summed E-state index contributed by atoms with van der Waals surface area (Å²) in [6.45, 7) is 7.67. The van der Waals surface area contributed by atoms with Crippen LogP contribution in [0.3, 0.4) is 0 Å². The van der Waals surface area contributed by atoms with E-state index in [4.69, 9.17) is 0 Å². The lowest BCUT2D eigenvalue weighted by molar-refractivity contribution is -0.136. The number of amides is 3. The van der Waals surface area contributed by atoms with Crippen molar-refractivity contribution in [1.82, 2.24) is 15.1 Å². The van der Waals surface area contributed by atoms with Gasteiger partial charge in [-0.05, 0) is 151 Å². The van der Waals surface area contributed by atoms with Gasteiger partial charge >= 0.3 is 0 Å². The molecular weight excluding hydrogens is 723 g/mol. The molecule has 4 aromatic carbocycles. The Balaban J connectivity index is 0.747. The number of carbonyl (C=O) groups is 3. The molecule has 4 aromatic rings. The number of hydrogen-bond donors (Lipinski definition) is 2. The first-order valence-corrected chi connectivity index (χ1v) is 21.9. The van der Waals surface area contributed by atoms with E-state index in [1.54, 1.807) is 21.6 Å². The van der Waals surface area contributed by atoms with E-state index in [1.807, 2.05) is 18.2 Å². The molecule has 10 rings (SSSR count). The summed E-state index contributed by atoms with van der Waals surface area (Å²) >= 11 is 0. The lowest BCUT2D eigenvalue weighted by Gasteiger charge is -2.40. The third-order valence-electron chi connectivity index (χ3n) is 14.4. The molecule has 2 N–H and O–H groups in total. The molecule has 0 aromatic heterocycles. The Morgan fingerprint density at radius 2 is 1.43 bits per heavy atom. The number of anilines is 2. The van der Waals surface area contributed by atoms with Crippen molar-refractivity contribution < 1.29 is 19.5 Å². The van der Waals surface area contributed by atoms with Crippen molar-refractivity contribution in [2.75, 3.05) is 55.6 Å². The van der Waals surface area contributed by atoms with Gasteiger partial charge in [0.1, 0.15) is 11.8 Å². The Morgan fingerprint density at radius 1 is 0.655 bits per heavy atom. The number of piperazine rings is 1. The number of nitrogens with zero attached hydrogens (tertiary/aromatic N) is 4. The molecular formula is C49H55N5O4. The molecule has 0 saturated carbocycles. The summed E-state index contributed by atoms with van der Waals surface area (Å²) < 4.78 is 0. The zero-order valence-corrected chi connectivity index (χ0v) is 33.5. The van der Waals surface area contributed by atoms with Crippen molar-refractivity contribution in [2.45, 2.75) is 88.6 Å². The number of aromatic hydroxyl groups is 1. The number of phenolic OH excluding ortho intramolecular Hbond substituents is 1. The predicted octanol–water partition coefficient (Wildman–Crippen LogP) is 6.93. The summed E-state index contributed by atoms with van der Waals surface area (Å²) in [5.41, 5.74) is 12.8. The van der Waals surface area contributed by atoms with Crippen molar-refractivity contribution in [3.63, 3.8) is 0 Å². The van der Waals surface area contributed by atoms with Crippen LogP contribution in [0.25, 0.3) is 0 Å². The summed E-state index contributed by atoms with van der Waals surface area (Å²) in [5.74, 6) is 1.02. The summed E-state index contributed by atoms with van der Waals surface area (Å²) in [4.78, 5) is 46.6. The Labute approximate surface area is 342 Å². The first kappa shape index (κ1) is 37.1. The summed E-state index contributed by atoms with van der Waals surface area (Å²) in [6.07, 6.45) is 10.1. The molecule has 58 heavy (non-hydrogen) atoms. The Bertz CT molecular complexity index is 2220. The van der Waals surface area contributed by atoms with E-state index in [0.29, 0.717) is 36.1 Å². The van der Waals surface area contributed by atoms with E-state index in [-0.39, 0.29) is 30.1 Å². The number of phenols is 1. The SMILES string of the molecule is O=C1CC[C@@H](N2Cc3cc(N4CCN(CC5CCN(c6ccc(C7c8ccc(O)cc8CCC7c7cccc8c7CCCC8)cc6)CC5)CC4)ccc3C2=O)C(=O)N1. The molecule has 0 radical (unpaired) electrons. The number of rotatable bonds is 7. The van der Waals surface area contributed by atoms with Crippen molar-refractivity contribution >= 4 is 29.1 Å². The second kappa shape index (κ2) is 15.6. The van der Waals surface area contributed by atoms with Crippen molar-refractivity contribution in [3.8, 4) is 5.75 Å². The predicted molar refractivity (Wildman–Crippen MR) is 227 cm³/mol. The van der Waals surface area contributed by atoms with E-state index in [2.05, 4.69) is 80.7 Å². The van der Waals surface area contributed by atoms with Crippen molar-refractivity contribution in [1.29, 1.82) is 0 Å². The van der Waals surface area contributed by atoms with Gasteiger partial charge in [-0.1, -0.05) is 36.4 Å². The Kier molecular flexibility index (Phi) is 9.96. The minimum atomic E-state index is -0.585. The van der Waals surface area contributed by atoms with Gasteiger partial charge in [-0.2, -0.15) is 0 Å². The van der Waals surface area contributed by atoms with Crippen LogP contribution in [0, 0.1) is 5.92 Å². The summed E-state index contributed by atoms with van der Waals surface area (Å²) in [7, 11) is 0. The van der Waals surface area contributed by atoms with Gasteiger partial charge in [-0.25, -0.2) is 0 Å². The number of benzene rings is 4. The van der Waals surface area contributed by atoms with Gasteiger partial charge < -0.3 is 19.8 Å². The van der Waals surface area contributed by atoms with Crippen LogP contribution in [0.1, 0.15) is 106 Å². The van der Waals surface area contributed by atoms with Crippen LogP contribution in [-0.2, 0) is 35.4 Å². The fourth-order valence-electron chi connectivity index (χ4n) is 11.3. The molecule has 0 bridgehead atoms. The molecule has 6 aliphatic rings. The highest BCUT2D eigenvalue weighted by molar-refractivity contribution is 6.05. The maximum absolute atomic E-state index is 13.2. The number of fused-ring (bicyclic) bond motifs is 3. The first-order chi connectivity index (χ1) is 28.4. The molecule has 9 nitrogen and oxygen atoms in total. The van der Waals surface area contributed by atoms with Gasteiger partial charge in [0, 0.05) is 81.6 Å². The topological polar surface area (TPSA) is 96.4 Å². The highest BCUT2D eigenvalue weighted by Crippen LogP contribution is 2.49. The second-order valence-electron chi connectivity index (χ2n) is 17.7. The fourth-order valence-corrected chi connectivity index (χ4v) is 11.3. The normalized spacial score (nSPS) is 24.0. The van der Waals surface area contributed by atoms with Gasteiger partial charge in [-0.3, -0.25) is 24.6 Å². The molecule has 9 heteroatoms. The lowest BCUT2D eigenvalue weighted by Crippen LogP contribution is -2.52. The average molecular weight is 778 g/mol. The number of hydrogen-bond acceptors (Lipinski definition) is 7. The minimum Gasteiger partial charge on any atom is -0.508 e. The first-order valence-electron chi connectivity index (χ1n) is 21.9. The number of piperidine rings is 2. The van der Waals surface area contributed by atoms with E-state index < -0.39 is 6.04 Å². The van der Waals surface area contributed by atoms with E-state index >= 15 is 0 Å². The van der Waals surface area contributed by atoms with Crippen LogP contribution >= 0.6 is 0 Å². The maximum Gasteiger partial charge on any atom is 0.255 e. The van der Waals surface area contributed by atoms with Gasteiger partial charge in [-0.15, -0.1) is 0 Å². The van der Waals surface area contributed by atoms with Crippen molar-refractivity contribution in [3.05, 3.63) is 123 Å². The molecule has 2 aliphatic carbocycles. The highest BCUT2D eigenvalue weighted by Gasteiger charge is 2.40. The molecule has 3 atom stereocenters. The summed E-state index contributed by atoms with van der Waals surface area (Å²) in [5, 5.41) is 12.8. The molecule has 3 saturated heterocycles.